The van der Waals surface area contributed by atoms with Crippen molar-refractivity contribution in [3.05, 3.63) is 23.0 Å². The fraction of sp³-hybridized carbons (Fsp3) is 0.545. The maximum absolute atomic E-state index is 11.5. The molecule has 0 saturated heterocycles. The van der Waals surface area contributed by atoms with Crippen molar-refractivity contribution < 1.29 is 9.90 Å². The first-order valence-electron chi connectivity index (χ1n) is 5.31. The lowest BCUT2D eigenvalue weighted by Gasteiger charge is -2.14. The van der Waals surface area contributed by atoms with Crippen LogP contribution in [0.1, 0.15) is 30.8 Å². The van der Waals surface area contributed by atoms with Crippen molar-refractivity contribution in [3.8, 4) is 0 Å². The molecule has 1 aromatic rings. The Balaban J connectivity index is 2.31. The van der Waals surface area contributed by atoms with E-state index in [9.17, 15) is 9.90 Å². The molecule has 0 spiro atoms. The number of aromatic amines is 1. The fourth-order valence-corrected chi connectivity index (χ4v) is 1.42. The molecule has 16 heavy (non-hydrogen) atoms. The first-order chi connectivity index (χ1) is 7.50. The molecule has 1 atom stereocenters. The van der Waals surface area contributed by atoms with Gasteiger partial charge in [0.25, 0.3) is 5.91 Å². The quantitative estimate of drug-likeness (QED) is 0.740. The molecular formula is C11H17ClN2O2. The number of carbonyl (C=O) groups excluding carboxylic acids is 1. The van der Waals surface area contributed by atoms with Gasteiger partial charge in [-0.05, 0) is 18.4 Å². The lowest BCUT2D eigenvalue weighted by atomic mass is 10.0. The van der Waals surface area contributed by atoms with Crippen molar-refractivity contribution in [3.63, 3.8) is 0 Å². The molecule has 0 fully saturated rings. The highest BCUT2D eigenvalue weighted by Crippen LogP contribution is 2.09. The summed E-state index contributed by atoms with van der Waals surface area (Å²) in [6.45, 7) is 4.34. The van der Waals surface area contributed by atoms with Gasteiger partial charge in [-0.25, -0.2) is 0 Å². The van der Waals surface area contributed by atoms with E-state index >= 15 is 0 Å². The van der Waals surface area contributed by atoms with Crippen LogP contribution in [0.15, 0.2) is 12.3 Å². The van der Waals surface area contributed by atoms with Gasteiger partial charge in [0.1, 0.15) is 5.69 Å². The van der Waals surface area contributed by atoms with E-state index in [0.29, 0.717) is 23.7 Å². The van der Waals surface area contributed by atoms with Gasteiger partial charge in [-0.3, -0.25) is 4.79 Å². The average molecular weight is 245 g/mol. The number of H-pyrrole nitrogens is 1. The third kappa shape index (κ3) is 3.87. The summed E-state index contributed by atoms with van der Waals surface area (Å²) in [5.41, 5.74) is 0.434. The normalized spacial score (nSPS) is 12.8. The van der Waals surface area contributed by atoms with E-state index in [1.54, 1.807) is 12.3 Å². The van der Waals surface area contributed by atoms with Crippen molar-refractivity contribution in [1.82, 2.24) is 10.3 Å². The first-order valence-corrected chi connectivity index (χ1v) is 5.68. The molecule has 3 N–H and O–H groups in total. The molecule has 1 unspecified atom stereocenters. The number of rotatable bonds is 5. The predicted molar refractivity (Wildman–Crippen MR) is 63.6 cm³/mol. The number of hydrogen-bond acceptors (Lipinski definition) is 2. The Morgan fingerprint density at radius 2 is 2.31 bits per heavy atom. The van der Waals surface area contributed by atoms with Gasteiger partial charge in [-0.1, -0.05) is 25.4 Å². The maximum Gasteiger partial charge on any atom is 0.267 e. The lowest BCUT2D eigenvalue weighted by molar-refractivity contribution is 0.0916. The van der Waals surface area contributed by atoms with Gasteiger partial charge in [-0.2, -0.15) is 0 Å². The highest BCUT2D eigenvalue weighted by Gasteiger charge is 2.11. The van der Waals surface area contributed by atoms with Crippen LogP contribution in [-0.2, 0) is 0 Å². The molecule has 4 nitrogen and oxygen atoms in total. The van der Waals surface area contributed by atoms with Crippen molar-refractivity contribution in [1.29, 1.82) is 0 Å². The zero-order valence-corrected chi connectivity index (χ0v) is 10.2. The van der Waals surface area contributed by atoms with Crippen molar-refractivity contribution >= 4 is 17.5 Å². The van der Waals surface area contributed by atoms with Crippen molar-refractivity contribution in [2.45, 2.75) is 26.4 Å². The van der Waals surface area contributed by atoms with Crippen LogP contribution in [-0.4, -0.2) is 28.6 Å². The third-order valence-corrected chi connectivity index (χ3v) is 2.61. The van der Waals surface area contributed by atoms with E-state index in [0.717, 1.165) is 0 Å². The Morgan fingerprint density at radius 1 is 1.62 bits per heavy atom. The molecule has 0 aliphatic carbocycles. The minimum atomic E-state index is -0.382. The second-order valence-electron chi connectivity index (χ2n) is 4.09. The molecule has 0 saturated carbocycles. The van der Waals surface area contributed by atoms with E-state index in [4.69, 9.17) is 11.6 Å². The van der Waals surface area contributed by atoms with Gasteiger partial charge in [0, 0.05) is 12.7 Å². The van der Waals surface area contributed by atoms with Gasteiger partial charge in [0.2, 0.25) is 0 Å². The summed E-state index contributed by atoms with van der Waals surface area (Å²) in [5, 5.41) is 12.7. The molecule has 1 rings (SSSR count). The molecular weight excluding hydrogens is 228 g/mol. The van der Waals surface area contributed by atoms with Crippen LogP contribution < -0.4 is 5.32 Å². The molecule has 1 aromatic heterocycles. The summed E-state index contributed by atoms with van der Waals surface area (Å²) in [6.07, 6.45) is 1.73. The van der Waals surface area contributed by atoms with Gasteiger partial charge in [0.15, 0.2) is 0 Å². The summed E-state index contributed by atoms with van der Waals surface area (Å²) < 4.78 is 0. The van der Waals surface area contributed by atoms with Gasteiger partial charge in [0.05, 0.1) is 11.1 Å². The zero-order chi connectivity index (χ0) is 12.1. The van der Waals surface area contributed by atoms with E-state index in [1.165, 1.54) is 0 Å². The minimum absolute atomic E-state index is 0.205. The number of aliphatic hydroxyl groups excluding tert-OH is 1. The Morgan fingerprint density at radius 3 is 2.81 bits per heavy atom. The smallest absolute Gasteiger partial charge is 0.267 e. The molecule has 1 amide bonds. The topological polar surface area (TPSA) is 65.1 Å². The molecule has 0 radical (unpaired) electrons. The molecule has 5 heteroatoms. The van der Waals surface area contributed by atoms with Crippen LogP contribution in [0.4, 0.5) is 0 Å². The van der Waals surface area contributed by atoms with Crippen molar-refractivity contribution in [2.24, 2.45) is 5.92 Å². The van der Waals surface area contributed by atoms with E-state index in [1.807, 2.05) is 13.8 Å². The molecule has 90 valence electrons. The Bertz CT molecular complexity index is 350. The van der Waals surface area contributed by atoms with Gasteiger partial charge in [-0.15, -0.1) is 0 Å². The number of hydrogen-bond donors (Lipinski definition) is 3. The number of amides is 1. The summed E-state index contributed by atoms with van der Waals surface area (Å²) in [5.74, 6) is -0.000287. The minimum Gasteiger partial charge on any atom is -0.393 e. The first kappa shape index (κ1) is 13.1. The molecule has 0 aliphatic heterocycles. The van der Waals surface area contributed by atoms with Crippen molar-refractivity contribution in [2.75, 3.05) is 6.54 Å². The molecule has 0 aromatic carbocycles. The summed E-state index contributed by atoms with van der Waals surface area (Å²) in [7, 11) is 0. The lowest BCUT2D eigenvalue weighted by Crippen LogP contribution is -2.28. The average Bonchev–Trinajstić information content (AvgIpc) is 2.64. The van der Waals surface area contributed by atoms with Crippen LogP contribution in [0.5, 0.6) is 0 Å². The zero-order valence-electron chi connectivity index (χ0n) is 9.46. The molecule has 0 bridgehead atoms. The van der Waals surface area contributed by atoms with Crippen LogP contribution in [0, 0.1) is 5.92 Å². The summed E-state index contributed by atoms with van der Waals surface area (Å²) >= 11 is 5.68. The Labute approximate surface area is 100 Å². The van der Waals surface area contributed by atoms with E-state index in [2.05, 4.69) is 10.3 Å². The predicted octanol–water partition coefficient (Wildman–Crippen LogP) is 1.80. The monoisotopic (exact) mass is 244 g/mol. The Kier molecular flexibility index (Phi) is 4.83. The number of carbonyl (C=O) groups is 1. The molecule has 1 heterocycles. The SMILES string of the molecule is CC(C)C(O)CCNC(=O)c1cc(Cl)c[nH]1. The number of halogens is 1. The van der Waals surface area contributed by atoms with Crippen LogP contribution in [0.2, 0.25) is 5.02 Å². The third-order valence-electron chi connectivity index (χ3n) is 2.39. The second-order valence-corrected chi connectivity index (χ2v) is 4.52. The van der Waals surface area contributed by atoms with Crippen LogP contribution in [0.25, 0.3) is 0 Å². The standard InChI is InChI=1S/C11H17ClN2O2/c1-7(2)10(15)3-4-13-11(16)9-5-8(12)6-14-9/h5-7,10,14-15H,3-4H2,1-2H3,(H,13,16). The van der Waals surface area contributed by atoms with Crippen LogP contribution >= 0.6 is 11.6 Å². The van der Waals surface area contributed by atoms with Gasteiger partial charge < -0.3 is 15.4 Å². The van der Waals surface area contributed by atoms with E-state index < -0.39 is 0 Å². The second kappa shape index (κ2) is 5.92. The summed E-state index contributed by atoms with van der Waals surface area (Å²) in [4.78, 5) is 14.3. The highest BCUT2D eigenvalue weighted by atomic mass is 35.5. The number of nitrogens with one attached hydrogen (secondary N) is 2. The largest absolute Gasteiger partial charge is 0.393 e. The summed E-state index contributed by atoms with van der Waals surface area (Å²) in [6, 6.07) is 1.57. The van der Waals surface area contributed by atoms with E-state index in [-0.39, 0.29) is 17.9 Å². The Hall–Kier alpha value is -1.00. The molecule has 0 aliphatic rings. The highest BCUT2D eigenvalue weighted by molar-refractivity contribution is 6.30. The number of aliphatic hydroxyl groups is 1. The maximum atomic E-state index is 11.5. The van der Waals surface area contributed by atoms with Gasteiger partial charge >= 0.3 is 0 Å². The number of aromatic nitrogens is 1. The van der Waals surface area contributed by atoms with Crippen LogP contribution in [0.3, 0.4) is 0 Å². The fourth-order valence-electron chi connectivity index (χ4n) is 1.26.